The Labute approximate surface area is 116 Å². The molecule has 0 unspecified atom stereocenters. The van der Waals surface area contributed by atoms with Crippen molar-refractivity contribution in [3.8, 4) is 0 Å². The predicted octanol–water partition coefficient (Wildman–Crippen LogP) is 2.43. The molecule has 0 amide bonds. The fourth-order valence-electron chi connectivity index (χ4n) is 1.58. The summed E-state index contributed by atoms with van der Waals surface area (Å²) in [5, 5.41) is 0.449. The number of rotatable bonds is 4. The molecule has 0 atom stereocenters. The first-order valence-electron chi connectivity index (χ1n) is 5.37. The zero-order valence-electron chi connectivity index (χ0n) is 9.80. The number of anilines is 2. The van der Waals surface area contributed by atoms with Crippen molar-refractivity contribution in [1.82, 2.24) is 0 Å². The lowest BCUT2D eigenvalue weighted by Gasteiger charge is -2.11. The van der Waals surface area contributed by atoms with E-state index in [-0.39, 0.29) is 4.90 Å². The molecule has 2 rings (SSSR count). The first-order valence-corrected chi connectivity index (χ1v) is 7.23. The van der Waals surface area contributed by atoms with E-state index in [1.165, 1.54) is 12.1 Å². The van der Waals surface area contributed by atoms with E-state index in [1.54, 1.807) is 36.4 Å². The van der Waals surface area contributed by atoms with Crippen LogP contribution in [0.4, 0.5) is 11.4 Å². The van der Waals surface area contributed by atoms with Gasteiger partial charge >= 0.3 is 0 Å². The fraction of sp³-hybridized carbons (Fsp3) is 0. The summed E-state index contributed by atoms with van der Waals surface area (Å²) in [6.07, 6.45) is 0. The lowest BCUT2D eigenvalue weighted by atomic mass is 10.3. The van der Waals surface area contributed by atoms with Gasteiger partial charge in [0.05, 0.1) is 11.4 Å². The van der Waals surface area contributed by atoms with E-state index < -0.39 is 10.0 Å². The van der Waals surface area contributed by atoms with Crippen molar-refractivity contribution in [1.29, 1.82) is 0 Å². The van der Waals surface area contributed by atoms with Gasteiger partial charge in [-0.15, -0.1) is 0 Å². The number of nitrogen functional groups attached to an aromatic ring is 1. The minimum absolute atomic E-state index is 0.0671. The van der Waals surface area contributed by atoms with Crippen LogP contribution in [-0.2, 0) is 10.0 Å². The minimum atomic E-state index is -3.72. The lowest BCUT2D eigenvalue weighted by molar-refractivity contribution is 0.601. The molecule has 100 valence electrons. The molecule has 2 aromatic rings. The molecule has 0 aliphatic carbocycles. The van der Waals surface area contributed by atoms with E-state index in [9.17, 15) is 8.42 Å². The van der Waals surface area contributed by atoms with Crippen LogP contribution in [0.1, 0.15) is 0 Å². The number of hydrazine groups is 1. The Bertz CT molecular complexity index is 689. The minimum Gasteiger partial charge on any atom is -0.323 e. The number of benzene rings is 2. The first kappa shape index (κ1) is 13.7. The van der Waals surface area contributed by atoms with Crippen molar-refractivity contribution < 1.29 is 8.42 Å². The molecular weight excluding hydrogens is 286 g/mol. The van der Waals surface area contributed by atoms with Gasteiger partial charge in [0.15, 0.2) is 0 Å². The summed E-state index contributed by atoms with van der Waals surface area (Å²) in [7, 11) is -3.72. The Morgan fingerprint density at radius 1 is 1.05 bits per heavy atom. The largest absolute Gasteiger partial charge is 0.323 e. The third-order valence-corrected chi connectivity index (χ3v) is 4.08. The Hall–Kier alpha value is -1.76. The van der Waals surface area contributed by atoms with Crippen molar-refractivity contribution in [3.05, 3.63) is 53.6 Å². The average molecular weight is 298 g/mol. The normalized spacial score (nSPS) is 11.1. The van der Waals surface area contributed by atoms with Crippen LogP contribution in [-0.4, -0.2) is 8.42 Å². The molecule has 5 nitrogen and oxygen atoms in total. The maximum Gasteiger partial charge on any atom is 0.264 e. The molecular formula is C12H12ClN3O2S. The maximum absolute atomic E-state index is 12.2. The van der Waals surface area contributed by atoms with Crippen LogP contribution < -0.4 is 16.0 Å². The van der Waals surface area contributed by atoms with Crippen LogP contribution in [0.25, 0.3) is 0 Å². The van der Waals surface area contributed by atoms with Gasteiger partial charge in [-0.05, 0) is 30.3 Å². The third-order valence-electron chi connectivity index (χ3n) is 2.41. The van der Waals surface area contributed by atoms with Gasteiger partial charge in [0.2, 0.25) is 0 Å². The zero-order chi connectivity index (χ0) is 13.9. The van der Waals surface area contributed by atoms with Gasteiger partial charge in [-0.3, -0.25) is 10.6 Å². The highest BCUT2D eigenvalue weighted by Gasteiger charge is 2.17. The number of nitrogens with one attached hydrogen (secondary N) is 2. The van der Waals surface area contributed by atoms with Crippen LogP contribution in [0, 0.1) is 0 Å². The second-order valence-corrected chi connectivity index (χ2v) is 5.84. The molecule has 0 fully saturated rings. The summed E-state index contributed by atoms with van der Waals surface area (Å²) < 4.78 is 26.9. The van der Waals surface area contributed by atoms with Gasteiger partial charge in [0.1, 0.15) is 4.90 Å². The Kier molecular flexibility index (Phi) is 3.94. The second-order valence-electron chi connectivity index (χ2n) is 3.76. The van der Waals surface area contributed by atoms with Crippen LogP contribution in [0.15, 0.2) is 53.4 Å². The van der Waals surface area contributed by atoms with Crippen molar-refractivity contribution in [3.63, 3.8) is 0 Å². The molecule has 0 aliphatic rings. The van der Waals surface area contributed by atoms with E-state index in [0.717, 1.165) is 0 Å². The molecule has 7 heteroatoms. The molecule has 2 aromatic carbocycles. The molecule has 0 aromatic heterocycles. The monoisotopic (exact) mass is 297 g/mol. The van der Waals surface area contributed by atoms with E-state index in [2.05, 4.69) is 10.1 Å². The molecule has 0 spiro atoms. The molecule has 0 saturated carbocycles. The van der Waals surface area contributed by atoms with Crippen LogP contribution in [0.3, 0.4) is 0 Å². The van der Waals surface area contributed by atoms with Gasteiger partial charge in [0.25, 0.3) is 10.0 Å². The quantitative estimate of drug-likeness (QED) is 0.598. The number of halogens is 1. The summed E-state index contributed by atoms with van der Waals surface area (Å²) >= 11 is 5.81. The highest BCUT2D eigenvalue weighted by Crippen LogP contribution is 2.23. The lowest BCUT2D eigenvalue weighted by Crippen LogP contribution is -2.17. The van der Waals surface area contributed by atoms with E-state index in [4.69, 9.17) is 17.4 Å². The Balaban J connectivity index is 2.38. The average Bonchev–Trinajstić information content (AvgIpc) is 2.38. The van der Waals surface area contributed by atoms with Crippen molar-refractivity contribution >= 4 is 33.0 Å². The summed E-state index contributed by atoms with van der Waals surface area (Å²) in [6.45, 7) is 0. The van der Waals surface area contributed by atoms with Crippen molar-refractivity contribution in [2.24, 2.45) is 5.84 Å². The van der Waals surface area contributed by atoms with Crippen LogP contribution >= 0.6 is 11.6 Å². The van der Waals surface area contributed by atoms with Gasteiger partial charge in [-0.25, -0.2) is 8.42 Å². The van der Waals surface area contributed by atoms with Gasteiger partial charge in [-0.1, -0.05) is 29.8 Å². The summed E-state index contributed by atoms with van der Waals surface area (Å²) in [5.74, 6) is 5.30. The second kappa shape index (κ2) is 5.48. The van der Waals surface area contributed by atoms with Crippen LogP contribution in [0.5, 0.6) is 0 Å². The van der Waals surface area contributed by atoms with Gasteiger partial charge in [-0.2, -0.15) is 0 Å². The number of hydrogen-bond donors (Lipinski definition) is 3. The van der Waals surface area contributed by atoms with Crippen molar-refractivity contribution in [2.45, 2.75) is 4.90 Å². The van der Waals surface area contributed by atoms with E-state index >= 15 is 0 Å². The molecule has 0 aliphatic heterocycles. The SMILES string of the molecule is NNc1ccccc1S(=O)(=O)Nc1cccc(Cl)c1. The predicted molar refractivity (Wildman–Crippen MR) is 76.5 cm³/mol. The summed E-state index contributed by atoms with van der Waals surface area (Å²) in [5.41, 5.74) is 3.06. The maximum atomic E-state index is 12.2. The first-order chi connectivity index (χ1) is 9.03. The smallest absolute Gasteiger partial charge is 0.264 e. The summed E-state index contributed by atoms with van der Waals surface area (Å²) in [4.78, 5) is 0.0671. The molecule has 4 N–H and O–H groups in total. The molecule has 19 heavy (non-hydrogen) atoms. The highest BCUT2D eigenvalue weighted by atomic mass is 35.5. The third kappa shape index (κ3) is 3.17. The Morgan fingerprint density at radius 2 is 1.79 bits per heavy atom. The number of sulfonamides is 1. The van der Waals surface area contributed by atoms with Gasteiger partial charge in [0, 0.05) is 5.02 Å². The number of hydrogen-bond acceptors (Lipinski definition) is 4. The highest BCUT2D eigenvalue weighted by molar-refractivity contribution is 7.92. The standard InChI is InChI=1S/C12H12ClN3O2S/c13-9-4-3-5-10(8-9)16-19(17,18)12-7-2-1-6-11(12)15-14/h1-8,15-16H,14H2. The van der Waals surface area contributed by atoms with E-state index in [0.29, 0.717) is 16.4 Å². The molecule has 0 radical (unpaired) electrons. The zero-order valence-corrected chi connectivity index (χ0v) is 11.4. The fourth-order valence-corrected chi connectivity index (χ4v) is 2.99. The topological polar surface area (TPSA) is 84.2 Å². The Morgan fingerprint density at radius 3 is 2.47 bits per heavy atom. The molecule has 0 saturated heterocycles. The summed E-state index contributed by atoms with van der Waals surface area (Å²) in [6, 6.07) is 12.8. The molecule has 0 bridgehead atoms. The van der Waals surface area contributed by atoms with E-state index in [1.807, 2.05) is 0 Å². The molecule has 0 heterocycles. The van der Waals surface area contributed by atoms with Gasteiger partial charge < -0.3 is 5.43 Å². The number of para-hydroxylation sites is 1. The number of nitrogens with two attached hydrogens (primary N) is 1. The van der Waals surface area contributed by atoms with Crippen LogP contribution in [0.2, 0.25) is 5.02 Å². The van der Waals surface area contributed by atoms with Crippen molar-refractivity contribution in [2.75, 3.05) is 10.1 Å².